The summed E-state index contributed by atoms with van der Waals surface area (Å²) in [6, 6.07) is 4.48. The van der Waals surface area contributed by atoms with Crippen molar-refractivity contribution in [1.82, 2.24) is 4.90 Å². The number of hydrogen-bond acceptors (Lipinski definition) is 3. The van der Waals surface area contributed by atoms with Crippen LogP contribution in [0.3, 0.4) is 0 Å². The molecule has 0 bridgehead atoms. The third kappa shape index (κ3) is 3.77. The largest absolute Gasteiger partial charge is 0.339 e. The van der Waals surface area contributed by atoms with Gasteiger partial charge in [-0.05, 0) is 31.0 Å². The van der Waals surface area contributed by atoms with E-state index in [1.165, 1.54) is 24.6 Å². The van der Waals surface area contributed by atoms with Gasteiger partial charge in [0.1, 0.15) is 0 Å². The molecule has 1 aliphatic rings. The quantitative estimate of drug-likeness (QED) is 0.856. The molecule has 1 aromatic carbocycles. The Hall–Kier alpha value is -1.07. The Morgan fingerprint density at radius 1 is 1.24 bits per heavy atom. The van der Waals surface area contributed by atoms with Gasteiger partial charge in [-0.2, -0.15) is 0 Å². The number of benzene rings is 1. The summed E-state index contributed by atoms with van der Waals surface area (Å²) >= 11 is 6.08. The first kappa shape index (κ1) is 16.3. The Labute approximate surface area is 131 Å². The molecule has 4 nitrogen and oxygen atoms in total. The van der Waals surface area contributed by atoms with Gasteiger partial charge in [0.15, 0.2) is 9.84 Å². The van der Waals surface area contributed by atoms with E-state index in [9.17, 15) is 13.2 Å². The molecule has 1 aliphatic carbocycles. The standard InChI is InChI=1S/C15H20ClNO3S/c1-17(11-6-4-3-5-7-11)15(18)13-10-12(21(2,19)20)8-9-14(13)16/h8-11H,3-7H2,1-2H3. The van der Waals surface area contributed by atoms with Crippen LogP contribution in [0.25, 0.3) is 0 Å². The number of rotatable bonds is 3. The van der Waals surface area contributed by atoms with Crippen LogP contribution in [0.1, 0.15) is 42.5 Å². The highest BCUT2D eigenvalue weighted by Crippen LogP contribution is 2.26. The van der Waals surface area contributed by atoms with Crippen molar-refractivity contribution < 1.29 is 13.2 Å². The van der Waals surface area contributed by atoms with E-state index in [0.29, 0.717) is 0 Å². The molecular weight excluding hydrogens is 310 g/mol. The van der Waals surface area contributed by atoms with Crippen molar-refractivity contribution in [3.63, 3.8) is 0 Å². The van der Waals surface area contributed by atoms with Gasteiger partial charge < -0.3 is 4.90 Å². The van der Waals surface area contributed by atoms with Gasteiger partial charge in [-0.1, -0.05) is 30.9 Å². The first-order chi connectivity index (χ1) is 9.80. The zero-order valence-corrected chi connectivity index (χ0v) is 13.9. The number of hydrogen-bond donors (Lipinski definition) is 0. The number of amides is 1. The van der Waals surface area contributed by atoms with Crippen LogP contribution in [-0.2, 0) is 9.84 Å². The van der Waals surface area contributed by atoms with E-state index in [-0.39, 0.29) is 27.4 Å². The third-order valence-corrected chi connectivity index (χ3v) is 5.48. The van der Waals surface area contributed by atoms with Gasteiger partial charge in [0.25, 0.3) is 5.91 Å². The van der Waals surface area contributed by atoms with Gasteiger partial charge in [-0.3, -0.25) is 4.79 Å². The monoisotopic (exact) mass is 329 g/mol. The van der Waals surface area contributed by atoms with Crippen LogP contribution in [0.4, 0.5) is 0 Å². The molecule has 2 rings (SSSR count). The lowest BCUT2D eigenvalue weighted by molar-refractivity contribution is 0.0696. The first-order valence-electron chi connectivity index (χ1n) is 7.07. The molecule has 0 aliphatic heterocycles. The molecule has 1 saturated carbocycles. The normalized spacial score (nSPS) is 16.7. The van der Waals surface area contributed by atoms with Gasteiger partial charge >= 0.3 is 0 Å². The minimum atomic E-state index is -3.36. The van der Waals surface area contributed by atoms with Crippen molar-refractivity contribution in [3.8, 4) is 0 Å². The van der Waals surface area contributed by atoms with Crippen LogP contribution in [0, 0.1) is 0 Å². The number of sulfone groups is 1. The summed E-state index contributed by atoms with van der Waals surface area (Å²) in [5, 5.41) is 0.287. The van der Waals surface area contributed by atoms with Crippen LogP contribution in [0.5, 0.6) is 0 Å². The number of carbonyl (C=O) groups excluding carboxylic acids is 1. The maximum absolute atomic E-state index is 12.6. The zero-order valence-electron chi connectivity index (χ0n) is 12.3. The smallest absolute Gasteiger partial charge is 0.255 e. The molecule has 21 heavy (non-hydrogen) atoms. The van der Waals surface area contributed by atoms with Crippen molar-refractivity contribution in [3.05, 3.63) is 28.8 Å². The average Bonchev–Trinajstić information content (AvgIpc) is 2.46. The maximum atomic E-state index is 12.6. The molecule has 116 valence electrons. The first-order valence-corrected chi connectivity index (χ1v) is 9.34. The lowest BCUT2D eigenvalue weighted by Crippen LogP contribution is -2.38. The predicted octanol–water partition coefficient (Wildman–Crippen LogP) is 3.15. The molecule has 0 unspecified atom stereocenters. The van der Waals surface area contributed by atoms with Gasteiger partial charge in [0.05, 0.1) is 15.5 Å². The van der Waals surface area contributed by atoms with Crippen molar-refractivity contribution in [2.45, 2.75) is 43.0 Å². The Bertz CT molecular complexity index is 636. The maximum Gasteiger partial charge on any atom is 0.255 e. The second-order valence-corrected chi connectivity index (χ2v) is 8.04. The topological polar surface area (TPSA) is 54.5 Å². The molecule has 6 heteroatoms. The molecular formula is C15H20ClNO3S. The van der Waals surface area contributed by atoms with Crippen molar-refractivity contribution >= 4 is 27.3 Å². The molecule has 0 spiro atoms. The number of nitrogens with zero attached hydrogens (tertiary/aromatic N) is 1. The lowest BCUT2D eigenvalue weighted by Gasteiger charge is -2.31. The van der Waals surface area contributed by atoms with Crippen LogP contribution < -0.4 is 0 Å². The predicted molar refractivity (Wildman–Crippen MR) is 83.5 cm³/mol. The summed E-state index contributed by atoms with van der Waals surface area (Å²) in [5.41, 5.74) is 0.257. The molecule has 1 fully saturated rings. The highest BCUT2D eigenvalue weighted by Gasteiger charge is 2.25. The van der Waals surface area contributed by atoms with E-state index in [4.69, 9.17) is 11.6 Å². The Balaban J connectivity index is 2.29. The molecule has 0 N–H and O–H groups in total. The molecule has 1 amide bonds. The summed E-state index contributed by atoms with van der Waals surface area (Å²) in [5.74, 6) is -0.211. The number of halogens is 1. The highest BCUT2D eigenvalue weighted by molar-refractivity contribution is 7.90. The summed E-state index contributed by atoms with van der Waals surface area (Å²) in [7, 11) is -1.59. The molecule has 0 saturated heterocycles. The summed E-state index contributed by atoms with van der Waals surface area (Å²) < 4.78 is 23.2. The summed E-state index contributed by atoms with van der Waals surface area (Å²) in [6.07, 6.45) is 6.56. The molecule has 0 radical (unpaired) electrons. The van der Waals surface area contributed by atoms with Crippen LogP contribution in [-0.4, -0.2) is 38.6 Å². The van der Waals surface area contributed by atoms with E-state index in [2.05, 4.69) is 0 Å². The third-order valence-electron chi connectivity index (χ3n) is 4.04. The van der Waals surface area contributed by atoms with E-state index < -0.39 is 9.84 Å². The van der Waals surface area contributed by atoms with E-state index in [1.54, 1.807) is 11.9 Å². The molecule has 0 heterocycles. The second-order valence-electron chi connectivity index (χ2n) is 5.62. The van der Waals surface area contributed by atoms with Gasteiger partial charge in [-0.15, -0.1) is 0 Å². The minimum Gasteiger partial charge on any atom is -0.339 e. The Kier molecular flexibility index (Phi) is 4.94. The SMILES string of the molecule is CN(C(=O)c1cc(S(C)(=O)=O)ccc1Cl)C1CCCCC1. The fraction of sp³-hybridized carbons (Fsp3) is 0.533. The summed E-state index contributed by atoms with van der Waals surface area (Å²) in [4.78, 5) is 14.4. The summed E-state index contributed by atoms with van der Waals surface area (Å²) in [6.45, 7) is 0. The second kappa shape index (κ2) is 6.36. The van der Waals surface area contributed by atoms with Gasteiger partial charge in [0.2, 0.25) is 0 Å². The van der Waals surface area contributed by atoms with Crippen molar-refractivity contribution in [1.29, 1.82) is 0 Å². The lowest BCUT2D eigenvalue weighted by atomic mass is 9.94. The minimum absolute atomic E-state index is 0.118. The van der Waals surface area contributed by atoms with Crippen LogP contribution >= 0.6 is 11.6 Å². The fourth-order valence-electron chi connectivity index (χ4n) is 2.72. The average molecular weight is 330 g/mol. The van der Waals surface area contributed by atoms with E-state index in [0.717, 1.165) is 31.9 Å². The Morgan fingerprint density at radius 2 is 1.86 bits per heavy atom. The van der Waals surface area contributed by atoms with Crippen LogP contribution in [0.15, 0.2) is 23.1 Å². The van der Waals surface area contributed by atoms with Gasteiger partial charge in [-0.25, -0.2) is 8.42 Å². The Morgan fingerprint density at radius 3 is 2.43 bits per heavy atom. The fourth-order valence-corrected chi connectivity index (χ4v) is 3.57. The van der Waals surface area contributed by atoms with Gasteiger partial charge in [0, 0.05) is 19.3 Å². The molecule has 0 aromatic heterocycles. The van der Waals surface area contributed by atoms with Crippen LogP contribution in [0.2, 0.25) is 5.02 Å². The van der Waals surface area contributed by atoms with E-state index in [1.807, 2.05) is 0 Å². The number of carbonyl (C=O) groups is 1. The molecule has 1 aromatic rings. The van der Waals surface area contributed by atoms with Crippen molar-refractivity contribution in [2.75, 3.05) is 13.3 Å². The van der Waals surface area contributed by atoms with Crippen molar-refractivity contribution in [2.24, 2.45) is 0 Å². The zero-order chi connectivity index (χ0) is 15.6. The highest BCUT2D eigenvalue weighted by atomic mass is 35.5. The molecule has 0 atom stereocenters. The van der Waals surface area contributed by atoms with E-state index >= 15 is 0 Å².